The zero-order valence-electron chi connectivity index (χ0n) is 16.6. The van der Waals surface area contributed by atoms with Crippen molar-refractivity contribution in [3.8, 4) is 16.8 Å². The lowest BCUT2D eigenvalue weighted by Crippen LogP contribution is -2.15. The highest BCUT2D eigenvalue weighted by Gasteiger charge is 2.15. The molecular formula is C22H23ClN4O2. The second-order valence-corrected chi connectivity index (χ2v) is 7.15. The first-order chi connectivity index (χ1) is 13.9. The Hall–Kier alpha value is -2.96. The third-order valence-corrected chi connectivity index (χ3v) is 4.88. The predicted molar refractivity (Wildman–Crippen MR) is 116 cm³/mol. The van der Waals surface area contributed by atoms with Gasteiger partial charge in [-0.25, -0.2) is 4.98 Å². The van der Waals surface area contributed by atoms with Gasteiger partial charge >= 0.3 is 0 Å². The van der Waals surface area contributed by atoms with Gasteiger partial charge in [0.15, 0.2) is 0 Å². The molecule has 0 aliphatic rings. The highest BCUT2D eigenvalue weighted by Crippen LogP contribution is 2.33. The van der Waals surface area contributed by atoms with Crippen molar-refractivity contribution in [2.45, 2.75) is 20.3 Å². The number of anilines is 1. The third-order valence-electron chi connectivity index (χ3n) is 4.55. The summed E-state index contributed by atoms with van der Waals surface area (Å²) in [6, 6.07) is 9.40. The molecule has 0 saturated heterocycles. The van der Waals surface area contributed by atoms with E-state index < -0.39 is 0 Å². The average Bonchev–Trinajstić information content (AvgIpc) is 3.13. The van der Waals surface area contributed by atoms with Crippen LogP contribution in [-0.2, 0) is 9.53 Å². The topological polar surface area (TPSA) is 80.0 Å². The first kappa shape index (κ1) is 20.8. The van der Waals surface area contributed by atoms with Crippen molar-refractivity contribution in [2.75, 3.05) is 19.0 Å². The lowest BCUT2D eigenvalue weighted by Gasteiger charge is -2.10. The van der Waals surface area contributed by atoms with Crippen LogP contribution in [-0.4, -0.2) is 34.9 Å². The maximum Gasteiger partial charge on any atom is 0.227 e. The van der Waals surface area contributed by atoms with Crippen LogP contribution in [0.1, 0.15) is 24.5 Å². The number of nitrogens with one attached hydrogen (secondary N) is 2. The minimum absolute atomic E-state index is 0.158. The molecule has 2 N–H and O–H groups in total. The minimum Gasteiger partial charge on any atom is -0.384 e. The molecule has 2 aromatic heterocycles. The van der Waals surface area contributed by atoms with Gasteiger partial charge in [-0.05, 0) is 25.5 Å². The molecule has 7 heteroatoms. The number of aryl methyl sites for hydroxylation is 1. The summed E-state index contributed by atoms with van der Waals surface area (Å²) in [5.74, 6) is 0.308. The Morgan fingerprint density at radius 1 is 1.28 bits per heavy atom. The maximum absolute atomic E-state index is 12.0. The number of hydrogen-bond donors (Lipinski definition) is 2. The number of hydrogen-bond acceptors (Lipinski definition) is 4. The van der Waals surface area contributed by atoms with Crippen LogP contribution in [0, 0.1) is 12.3 Å². The summed E-state index contributed by atoms with van der Waals surface area (Å²) in [6.45, 7) is 4.05. The summed E-state index contributed by atoms with van der Waals surface area (Å²) in [5.41, 5.74) is 4.79. The summed E-state index contributed by atoms with van der Waals surface area (Å²) in [7, 11) is 1.56. The molecule has 0 atom stereocenters. The van der Waals surface area contributed by atoms with Gasteiger partial charge < -0.3 is 20.0 Å². The molecular weight excluding hydrogens is 388 g/mol. The standard InChI is InChI=1S/C22H23ClN4O2/c1-14-11-25-21(26-22(28)8-9-29-3)10-20(14)27-12-17(15(2)24)18(13-27)16-6-4-5-7-19(16)23/h4-7,10-13,24H,8-9H2,1-3H3,(H,25,26,28). The van der Waals surface area contributed by atoms with Crippen molar-refractivity contribution in [3.63, 3.8) is 0 Å². The number of pyridine rings is 1. The van der Waals surface area contributed by atoms with E-state index in [1.165, 1.54) is 0 Å². The molecule has 6 nitrogen and oxygen atoms in total. The van der Waals surface area contributed by atoms with Crippen LogP contribution in [0.3, 0.4) is 0 Å². The van der Waals surface area contributed by atoms with E-state index in [9.17, 15) is 4.79 Å². The first-order valence-electron chi connectivity index (χ1n) is 9.19. The van der Waals surface area contributed by atoms with Gasteiger partial charge in [-0.1, -0.05) is 29.8 Å². The van der Waals surface area contributed by atoms with Crippen LogP contribution >= 0.6 is 11.6 Å². The second-order valence-electron chi connectivity index (χ2n) is 6.74. The zero-order chi connectivity index (χ0) is 21.0. The van der Waals surface area contributed by atoms with Crippen molar-refractivity contribution in [1.82, 2.24) is 9.55 Å². The van der Waals surface area contributed by atoms with Crippen molar-refractivity contribution in [3.05, 3.63) is 65.1 Å². The fourth-order valence-corrected chi connectivity index (χ4v) is 3.28. The average molecular weight is 411 g/mol. The van der Waals surface area contributed by atoms with Gasteiger partial charge in [0, 0.05) is 59.2 Å². The van der Waals surface area contributed by atoms with Gasteiger partial charge in [0.1, 0.15) is 5.82 Å². The van der Waals surface area contributed by atoms with Crippen LogP contribution in [0.5, 0.6) is 0 Å². The van der Waals surface area contributed by atoms with Crippen LogP contribution in [0.25, 0.3) is 16.8 Å². The molecule has 3 rings (SSSR count). The number of amides is 1. The number of halogens is 1. The summed E-state index contributed by atoms with van der Waals surface area (Å²) < 4.78 is 6.87. The van der Waals surface area contributed by atoms with Gasteiger partial charge in [-0.2, -0.15) is 0 Å². The number of benzene rings is 1. The van der Waals surface area contributed by atoms with Crippen LogP contribution < -0.4 is 5.32 Å². The van der Waals surface area contributed by atoms with E-state index in [0.717, 1.165) is 27.9 Å². The Morgan fingerprint density at radius 2 is 2.03 bits per heavy atom. The first-order valence-corrected chi connectivity index (χ1v) is 9.56. The lowest BCUT2D eigenvalue weighted by atomic mass is 10.0. The molecule has 3 aromatic rings. The van der Waals surface area contributed by atoms with Crippen molar-refractivity contribution in [1.29, 1.82) is 5.41 Å². The number of aromatic nitrogens is 2. The zero-order valence-corrected chi connectivity index (χ0v) is 17.4. The molecule has 0 bridgehead atoms. The van der Waals surface area contributed by atoms with E-state index in [1.807, 2.05) is 54.2 Å². The summed E-state index contributed by atoms with van der Waals surface area (Å²) in [4.78, 5) is 16.3. The van der Waals surface area contributed by atoms with Gasteiger partial charge in [0.2, 0.25) is 5.91 Å². The van der Waals surface area contributed by atoms with Crippen LogP contribution in [0.15, 0.2) is 48.9 Å². The van der Waals surface area contributed by atoms with E-state index in [4.69, 9.17) is 21.7 Å². The molecule has 1 amide bonds. The summed E-state index contributed by atoms with van der Waals surface area (Å²) in [6.07, 6.45) is 5.83. The molecule has 1 aromatic carbocycles. The molecule has 150 valence electrons. The van der Waals surface area contributed by atoms with Gasteiger partial charge in [0.25, 0.3) is 0 Å². The Balaban J connectivity index is 2.02. The molecule has 0 fully saturated rings. The fraction of sp³-hybridized carbons (Fsp3) is 0.227. The Bertz CT molecular complexity index is 1060. The number of ether oxygens (including phenoxy) is 1. The van der Waals surface area contributed by atoms with Crippen molar-refractivity contribution >= 4 is 29.0 Å². The van der Waals surface area contributed by atoms with E-state index in [1.54, 1.807) is 20.2 Å². The monoisotopic (exact) mass is 410 g/mol. The van der Waals surface area contributed by atoms with Crippen molar-refractivity contribution in [2.24, 2.45) is 0 Å². The third kappa shape index (κ3) is 4.72. The van der Waals surface area contributed by atoms with Gasteiger partial charge in [-0.3, -0.25) is 4.79 Å². The van der Waals surface area contributed by atoms with Gasteiger partial charge in [0.05, 0.1) is 18.7 Å². The SMILES string of the molecule is COCCC(=O)Nc1cc(-n2cc(C(C)=N)c(-c3ccccc3Cl)c2)c(C)cn1. The molecule has 0 saturated carbocycles. The highest BCUT2D eigenvalue weighted by atomic mass is 35.5. The van der Waals surface area contributed by atoms with Crippen LogP contribution in [0.4, 0.5) is 5.82 Å². The maximum atomic E-state index is 12.0. The van der Waals surface area contributed by atoms with E-state index in [0.29, 0.717) is 23.2 Å². The fourth-order valence-electron chi connectivity index (χ4n) is 3.05. The molecule has 0 aliphatic heterocycles. The Kier molecular flexibility index (Phi) is 6.46. The van der Waals surface area contributed by atoms with E-state index >= 15 is 0 Å². The summed E-state index contributed by atoms with van der Waals surface area (Å²) >= 11 is 6.40. The molecule has 0 spiro atoms. The molecule has 29 heavy (non-hydrogen) atoms. The number of rotatable bonds is 7. The number of carbonyl (C=O) groups is 1. The molecule has 2 heterocycles. The predicted octanol–water partition coefficient (Wildman–Crippen LogP) is 4.86. The second kappa shape index (κ2) is 9.03. The summed E-state index contributed by atoms with van der Waals surface area (Å²) in [5, 5.41) is 11.6. The van der Waals surface area contributed by atoms with Crippen LogP contribution in [0.2, 0.25) is 5.02 Å². The Morgan fingerprint density at radius 3 is 2.72 bits per heavy atom. The van der Waals surface area contributed by atoms with Crippen molar-refractivity contribution < 1.29 is 9.53 Å². The Labute approximate surface area is 175 Å². The lowest BCUT2D eigenvalue weighted by molar-refractivity contribution is -0.117. The number of nitrogens with zero attached hydrogens (tertiary/aromatic N) is 2. The molecule has 0 aliphatic carbocycles. The molecule has 0 unspecified atom stereocenters. The smallest absolute Gasteiger partial charge is 0.227 e. The van der Waals surface area contributed by atoms with Gasteiger partial charge in [-0.15, -0.1) is 0 Å². The van der Waals surface area contributed by atoms with E-state index in [2.05, 4.69) is 10.3 Å². The quantitative estimate of drug-likeness (QED) is 0.545. The highest BCUT2D eigenvalue weighted by molar-refractivity contribution is 6.33. The number of carbonyl (C=O) groups excluding carboxylic acids is 1. The van der Waals surface area contributed by atoms with E-state index in [-0.39, 0.29) is 12.3 Å². The molecule has 0 radical (unpaired) electrons. The number of methoxy groups -OCH3 is 1. The largest absolute Gasteiger partial charge is 0.384 e. The normalized spacial score (nSPS) is 10.8. The minimum atomic E-state index is -0.158.